The van der Waals surface area contributed by atoms with Crippen molar-refractivity contribution in [1.82, 2.24) is 0 Å². The normalized spacial score (nSPS) is 13.0. The van der Waals surface area contributed by atoms with E-state index in [9.17, 15) is 15.3 Å². The first-order valence-corrected chi connectivity index (χ1v) is 11.7. The van der Waals surface area contributed by atoms with Crippen LogP contribution in [0.1, 0.15) is 40.3 Å². The number of rotatable bonds is 5. The summed E-state index contributed by atoms with van der Waals surface area (Å²) in [5, 5.41) is 30.0. The van der Waals surface area contributed by atoms with E-state index in [0.29, 0.717) is 5.75 Å². The number of aryl methyl sites for hydroxylation is 3. The van der Waals surface area contributed by atoms with E-state index in [1.807, 2.05) is 57.2 Å². The highest BCUT2D eigenvalue weighted by atomic mass is 32.2. The molecule has 3 N–H and O–H groups in total. The Hall–Kier alpha value is -3.37. The van der Waals surface area contributed by atoms with Gasteiger partial charge in [0.2, 0.25) is 0 Å². The first-order valence-electron chi connectivity index (χ1n) is 10.9. The summed E-state index contributed by atoms with van der Waals surface area (Å²) in [5.74, 6) is 0.859. The van der Waals surface area contributed by atoms with E-state index in [4.69, 9.17) is 0 Å². The second kappa shape index (κ2) is 8.87. The van der Waals surface area contributed by atoms with Crippen LogP contribution in [0.2, 0.25) is 0 Å². The van der Waals surface area contributed by atoms with Crippen molar-refractivity contribution < 1.29 is 15.3 Å². The highest BCUT2D eigenvalue weighted by Gasteiger charge is 2.32. The molecule has 33 heavy (non-hydrogen) atoms. The molecular formula is C29H28O3S. The van der Waals surface area contributed by atoms with Crippen molar-refractivity contribution in [3.8, 4) is 17.2 Å². The smallest absolute Gasteiger partial charge is 0.121 e. The molecule has 4 aromatic rings. The molecule has 0 spiro atoms. The molecule has 4 aromatic carbocycles. The van der Waals surface area contributed by atoms with Gasteiger partial charge in [-0.15, -0.1) is 0 Å². The van der Waals surface area contributed by atoms with Crippen LogP contribution in [0, 0.1) is 20.8 Å². The lowest BCUT2D eigenvalue weighted by Gasteiger charge is -2.33. The molecule has 0 saturated heterocycles. The summed E-state index contributed by atoms with van der Waals surface area (Å²) < 4.78 is 0. The number of phenols is 3. The highest BCUT2D eigenvalue weighted by Crippen LogP contribution is 2.43. The summed E-state index contributed by atoms with van der Waals surface area (Å²) in [7, 11) is 0. The highest BCUT2D eigenvalue weighted by molar-refractivity contribution is 7.99. The van der Waals surface area contributed by atoms with E-state index in [0.717, 1.165) is 43.2 Å². The van der Waals surface area contributed by atoms with Gasteiger partial charge in [0.15, 0.2) is 0 Å². The first-order chi connectivity index (χ1) is 15.7. The number of hydrogen-bond acceptors (Lipinski definition) is 4. The maximum Gasteiger partial charge on any atom is 0.121 e. The molecular weight excluding hydrogens is 428 g/mol. The Morgan fingerprint density at radius 3 is 1.61 bits per heavy atom. The number of benzene rings is 4. The van der Waals surface area contributed by atoms with Crippen LogP contribution in [-0.4, -0.2) is 15.3 Å². The largest absolute Gasteiger partial charge is 0.508 e. The topological polar surface area (TPSA) is 60.7 Å². The summed E-state index contributed by atoms with van der Waals surface area (Å²) in [4.78, 5) is 2.16. The van der Waals surface area contributed by atoms with Crippen LogP contribution in [0.4, 0.5) is 0 Å². The van der Waals surface area contributed by atoms with Crippen LogP contribution in [0.25, 0.3) is 0 Å². The molecule has 0 heterocycles. The molecule has 4 rings (SSSR count). The lowest BCUT2D eigenvalue weighted by atomic mass is 9.70. The maximum atomic E-state index is 10.4. The number of phenolic OH excluding ortho intramolecular Hbond substituents is 3. The van der Waals surface area contributed by atoms with E-state index in [2.05, 4.69) is 31.2 Å². The van der Waals surface area contributed by atoms with E-state index in [1.165, 1.54) is 0 Å². The fourth-order valence-electron chi connectivity index (χ4n) is 4.22. The SMILES string of the molecule is Cc1cc(C(C)(c2ccc(Sc3ccc(O)cc3)cc2)c2cc(C)c(O)c(C)c2)ccc1O. The minimum absolute atomic E-state index is 0.258. The summed E-state index contributed by atoms with van der Waals surface area (Å²) >= 11 is 1.64. The third kappa shape index (κ3) is 4.44. The van der Waals surface area contributed by atoms with Crippen molar-refractivity contribution in [2.24, 2.45) is 0 Å². The van der Waals surface area contributed by atoms with Crippen molar-refractivity contribution in [2.75, 3.05) is 0 Å². The third-order valence-corrected chi connectivity index (χ3v) is 7.36. The average molecular weight is 457 g/mol. The predicted molar refractivity (Wildman–Crippen MR) is 135 cm³/mol. The summed E-state index contributed by atoms with van der Waals surface area (Å²) in [5.41, 5.74) is 5.29. The van der Waals surface area contributed by atoms with Gasteiger partial charge < -0.3 is 15.3 Å². The second-order valence-corrected chi connectivity index (χ2v) is 9.85. The zero-order valence-electron chi connectivity index (χ0n) is 19.3. The molecule has 168 valence electrons. The molecule has 0 amide bonds. The van der Waals surface area contributed by atoms with Gasteiger partial charge in [-0.25, -0.2) is 0 Å². The summed E-state index contributed by atoms with van der Waals surface area (Å²) in [6, 6.07) is 25.5. The Balaban J connectivity index is 1.81. The molecule has 0 bridgehead atoms. The fourth-order valence-corrected chi connectivity index (χ4v) is 5.03. The van der Waals surface area contributed by atoms with Gasteiger partial charge in [-0.2, -0.15) is 0 Å². The molecule has 3 nitrogen and oxygen atoms in total. The number of hydrogen-bond donors (Lipinski definition) is 3. The van der Waals surface area contributed by atoms with Gasteiger partial charge in [-0.3, -0.25) is 0 Å². The van der Waals surface area contributed by atoms with Crippen LogP contribution in [0.3, 0.4) is 0 Å². The minimum Gasteiger partial charge on any atom is -0.508 e. The predicted octanol–water partition coefficient (Wildman–Crippen LogP) is 7.23. The third-order valence-electron chi connectivity index (χ3n) is 6.35. The van der Waals surface area contributed by atoms with Gasteiger partial charge in [0.25, 0.3) is 0 Å². The van der Waals surface area contributed by atoms with E-state index >= 15 is 0 Å². The summed E-state index contributed by atoms with van der Waals surface area (Å²) in [6.07, 6.45) is 0. The van der Waals surface area contributed by atoms with Crippen molar-refractivity contribution in [3.63, 3.8) is 0 Å². The van der Waals surface area contributed by atoms with Gasteiger partial charge in [-0.1, -0.05) is 48.2 Å². The van der Waals surface area contributed by atoms with Crippen molar-refractivity contribution >= 4 is 11.8 Å². The molecule has 0 saturated carbocycles. The Bertz CT molecular complexity index is 1270. The molecule has 0 aliphatic carbocycles. The van der Waals surface area contributed by atoms with E-state index < -0.39 is 5.41 Å². The monoisotopic (exact) mass is 456 g/mol. The van der Waals surface area contributed by atoms with E-state index in [1.54, 1.807) is 30.0 Å². The van der Waals surface area contributed by atoms with Crippen LogP contribution in [0.15, 0.2) is 88.7 Å². The summed E-state index contributed by atoms with van der Waals surface area (Å²) in [6.45, 7) is 7.94. The van der Waals surface area contributed by atoms with Gasteiger partial charge in [0, 0.05) is 15.2 Å². The minimum atomic E-state index is -0.483. The maximum absolute atomic E-state index is 10.4. The molecule has 0 radical (unpaired) electrons. The average Bonchev–Trinajstić information content (AvgIpc) is 2.80. The van der Waals surface area contributed by atoms with Crippen LogP contribution in [-0.2, 0) is 5.41 Å². The van der Waals surface area contributed by atoms with Crippen molar-refractivity contribution in [1.29, 1.82) is 0 Å². The molecule has 0 aromatic heterocycles. The number of aromatic hydroxyl groups is 3. The van der Waals surface area contributed by atoms with Crippen molar-refractivity contribution in [3.05, 3.63) is 112 Å². The zero-order chi connectivity index (χ0) is 23.8. The van der Waals surface area contributed by atoms with E-state index in [-0.39, 0.29) is 11.5 Å². The van der Waals surface area contributed by atoms with Gasteiger partial charge >= 0.3 is 0 Å². The van der Waals surface area contributed by atoms with Gasteiger partial charge in [0.05, 0.1) is 0 Å². The van der Waals surface area contributed by atoms with Crippen molar-refractivity contribution in [2.45, 2.75) is 42.9 Å². The van der Waals surface area contributed by atoms with Crippen LogP contribution < -0.4 is 0 Å². The molecule has 1 atom stereocenters. The molecule has 0 aliphatic rings. The lowest BCUT2D eigenvalue weighted by Crippen LogP contribution is -2.26. The quantitative estimate of drug-likeness (QED) is 0.277. The lowest BCUT2D eigenvalue weighted by molar-refractivity contribution is 0.466. The van der Waals surface area contributed by atoms with Crippen LogP contribution in [0.5, 0.6) is 17.2 Å². The first kappa shape index (κ1) is 22.8. The van der Waals surface area contributed by atoms with Gasteiger partial charge in [-0.05, 0) is 104 Å². The Labute approximate surface area is 199 Å². The second-order valence-electron chi connectivity index (χ2n) is 8.71. The molecule has 4 heteroatoms. The fraction of sp³-hybridized carbons (Fsp3) is 0.172. The molecule has 0 aliphatic heterocycles. The molecule has 0 fully saturated rings. The van der Waals surface area contributed by atoms with Crippen LogP contribution >= 0.6 is 11.8 Å². The Kier molecular flexibility index (Phi) is 6.13. The standard InChI is InChI=1S/C29H28O3S/c1-18-15-22(7-14-27(18)31)29(4,23-16-19(2)28(32)20(3)17-23)21-5-10-25(11-6-21)33-26-12-8-24(30)9-13-26/h5-17,30-32H,1-4H3. The Morgan fingerprint density at radius 1 is 0.576 bits per heavy atom. The Morgan fingerprint density at radius 2 is 1.06 bits per heavy atom. The zero-order valence-corrected chi connectivity index (χ0v) is 20.1. The van der Waals surface area contributed by atoms with Gasteiger partial charge in [0.1, 0.15) is 17.2 Å². The molecule has 1 unspecified atom stereocenters.